The second-order valence-corrected chi connectivity index (χ2v) is 12.0. The van der Waals surface area contributed by atoms with Gasteiger partial charge in [0, 0.05) is 31.0 Å². The third-order valence-electron chi connectivity index (χ3n) is 6.50. The van der Waals surface area contributed by atoms with E-state index in [-0.39, 0.29) is 0 Å². The second-order valence-electron chi connectivity index (χ2n) is 12.0. The van der Waals surface area contributed by atoms with Crippen LogP contribution in [0.2, 0.25) is 0 Å². The van der Waals surface area contributed by atoms with Crippen LogP contribution in [0.4, 0.5) is 0 Å². The summed E-state index contributed by atoms with van der Waals surface area (Å²) in [5, 5.41) is 16.1. The molecule has 0 N–H and O–H groups in total. The summed E-state index contributed by atoms with van der Waals surface area (Å²) in [6.07, 6.45) is 6.86. The molecule has 0 saturated carbocycles. The Hall–Kier alpha value is -1.76. The molecule has 3 rings (SSSR count). The Labute approximate surface area is 216 Å². The van der Waals surface area contributed by atoms with Gasteiger partial charge in [-0.3, -0.25) is 0 Å². The maximum atomic E-state index is 4.05. The summed E-state index contributed by atoms with van der Waals surface area (Å²) in [6.45, 7) is 30.2. The quantitative estimate of drug-likeness (QED) is 0.420. The molecule has 0 aromatic carbocycles. The van der Waals surface area contributed by atoms with Crippen LogP contribution in [0.25, 0.3) is 0 Å². The Morgan fingerprint density at radius 1 is 0.686 bits per heavy atom. The third-order valence-corrected chi connectivity index (χ3v) is 6.50. The molecule has 0 atom stereocenters. The summed E-state index contributed by atoms with van der Waals surface area (Å²) < 4.78 is 3.77. The molecular formula is C28H55N7. The highest BCUT2D eigenvalue weighted by molar-refractivity contribution is 4.99. The smallest absolute Gasteiger partial charge is 0.0852 e. The fourth-order valence-corrected chi connectivity index (χ4v) is 3.93. The first-order valence-corrected chi connectivity index (χ1v) is 13.9. The van der Waals surface area contributed by atoms with E-state index in [0.29, 0.717) is 23.9 Å². The Morgan fingerprint density at radius 2 is 1.09 bits per heavy atom. The lowest BCUT2D eigenvalue weighted by Gasteiger charge is -2.34. The van der Waals surface area contributed by atoms with Crippen LogP contribution >= 0.6 is 0 Å². The first-order valence-electron chi connectivity index (χ1n) is 13.9. The third kappa shape index (κ3) is 11.7. The first kappa shape index (κ1) is 31.3. The zero-order valence-electron chi connectivity index (χ0n) is 24.9. The zero-order valence-corrected chi connectivity index (χ0v) is 24.9. The predicted molar refractivity (Wildman–Crippen MR) is 148 cm³/mol. The van der Waals surface area contributed by atoms with Crippen LogP contribution in [-0.2, 0) is 0 Å². The summed E-state index contributed by atoms with van der Waals surface area (Å²) in [4.78, 5) is 2.63. The van der Waals surface area contributed by atoms with Crippen molar-refractivity contribution < 1.29 is 0 Å². The van der Waals surface area contributed by atoms with Crippen molar-refractivity contribution in [3.05, 3.63) is 23.8 Å². The van der Waals surface area contributed by atoms with E-state index in [9.17, 15) is 0 Å². The first-order chi connectivity index (χ1) is 16.3. The van der Waals surface area contributed by atoms with Gasteiger partial charge < -0.3 is 4.90 Å². The molecule has 7 heteroatoms. The number of rotatable bonds is 7. The van der Waals surface area contributed by atoms with E-state index in [1.807, 2.05) is 21.8 Å². The van der Waals surface area contributed by atoms with Gasteiger partial charge in [-0.15, -0.1) is 10.2 Å². The van der Waals surface area contributed by atoms with Crippen molar-refractivity contribution in [2.24, 2.45) is 17.8 Å². The average molecular weight is 490 g/mol. The Bertz CT molecular complexity index is 699. The minimum absolute atomic E-state index is 0.412. The minimum Gasteiger partial charge on any atom is -0.303 e. The molecule has 2 aromatic rings. The van der Waals surface area contributed by atoms with Gasteiger partial charge in [-0.05, 0) is 83.2 Å². The number of likely N-dealkylation sites (tertiary alicyclic amines) is 1. The average Bonchev–Trinajstić information content (AvgIpc) is 3.45. The van der Waals surface area contributed by atoms with Crippen LogP contribution in [0.3, 0.4) is 0 Å². The fraction of sp³-hybridized carbons (Fsp3) is 0.857. The van der Waals surface area contributed by atoms with Gasteiger partial charge in [0.15, 0.2) is 0 Å². The molecule has 7 nitrogen and oxygen atoms in total. The molecule has 0 spiro atoms. The van der Waals surface area contributed by atoms with Crippen LogP contribution in [0.1, 0.15) is 131 Å². The number of hydrogen-bond acceptors (Lipinski definition) is 5. The molecule has 1 saturated heterocycles. The number of piperidine rings is 1. The molecule has 35 heavy (non-hydrogen) atoms. The van der Waals surface area contributed by atoms with E-state index >= 15 is 0 Å². The lowest BCUT2D eigenvalue weighted by atomic mass is 9.86. The number of nitrogens with zero attached hydrogens (tertiary/aromatic N) is 7. The molecule has 1 fully saturated rings. The molecule has 0 unspecified atom stereocenters. The summed E-state index contributed by atoms with van der Waals surface area (Å²) in [7, 11) is 0. The lowest BCUT2D eigenvalue weighted by molar-refractivity contribution is 0.145. The highest BCUT2D eigenvalue weighted by atomic mass is 15.4. The van der Waals surface area contributed by atoms with E-state index in [1.165, 1.54) is 32.5 Å². The minimum atomic E-state index is 0.412. The zero-order chi connectivity index (χ0) is 26.7. The van der Waals surface area contributed by atoms with E-state index in [2.05, 4.69) is 109 Å². The van der Waals surface area contributed by atoms with Gasteiger partial charge in [0.05, 0.1) is 11.4 Å². The maximum Gasteiger partial charge on any atom is 0.0852 e. The SMILES string of the molecule is CC(C)CN1CCC(C(C)C)CC1.CC(C)c1cn(C(C)C)nn1.CC(C)c1cn(C(C)C)nn1. The van der Waals surface area contributed by atoms with Crippen LogP contribution in [0.15, 0.2) is 12.4 Å². The van der Waals surface area contributed by atoms with Gasteiger partial charge in [0.1, 0.15) is 0 Å². The van der Waals surface area contributed by atoms with Crippen molar-refractivity contribution in [3.63, 3.8) is 0 Å². The summed E-state index contributed by atoms with van der Waals surface area (Å²) in [5.74, 6) is 3.66. The van der Waals surface area contributed by atoms with Crippen LogP contribution in [-0.4, -0.2) is 54.5 Å². The molecule has 1 aliphatic rings. The Balaban J connectivity index is 0.000000264. The normalized spacial score (nSPS) is 15.3. The molecular weight excluding hydrogens is 434 g/mol. The van der Waals surface area contributed by atoms with Crippen molar-refractivity contribution in [1.29, 1.82) is 0 Å². The molecule has 2 aromatic heterocycles. The molecule has 3 heterocycles. The monoisotopic (exact) mass is 489 g/mol. The number of hydrogen-bond donors (Lipinski definition) is 0. The molecule has 0 amide bonds. The molecule has 0 aliphatic carbocycles. The topological polar surface area (TPSA) is 64.7 Å². The van der Waals surface area contributed by atoms with Crippen LogP contribution in [0.5, 0.6) is 0 Å². The van der Waals surface area contributed by atoms with Crippen molar-refractivity contribution in [2.45, 2.75) is 120 Å². The lowest BCUT2D eigenvalue weighted by Crippen LogP contribution is -2.37. The van der Waals surface area contributed by atoms with Gasteiger partial charge in [-0.1, -0.05) is 65.8 Å². The van der Waals surface area contributed by atoms with Gasteiger partial charge in [0.25, 0.3) is 0 Å². The van der Waals surface area contributed by atoms with E-state index in [1.54, 1.807) is 0 Å². The van der Waals surface area contributed by atoms with Crippen molar-refractivity contribution in [2.75, 3.05) is 19.6 Å². The van der Waals surface area contributed by atoms with E-state index in [4.69, 9.17) is 0 Å². The molecule has 0 bridgehead atoms. The largest absolute Gasteiger partial charge is 0.303 e. The second kappa shape index (κ2) is 15.4. The highest BCUT2D eigenvalue weighted by Crippen LogP contribution is 2.24. The van der Waals surface area contributed by atoms with E-state index < -0.39 is 0 Å². The van der Waals surface area contributed by atoms with Crippen LogP contribution in [0, 0.1) is 17.8 Å². The number of aromatic nitrogens is 6. The highest BCUT2D eigenvalue weighted by Gasteiger charge is 2.21. The van der Waals surface area contributed by atoms with Gasteiger partial charge >= 0.3 is 0 Å². The van der Waals surface area contributed by atoms with Crippen molar-refractivity contribution >= 4 is 0 Å². The standard InChI is InChI=1S/C12H25N.2C8H15N3/c1-10(2)9-13-7-5-12(6-8-13)11(3)4;2*1-6(2)8-5-11(7(3)4)10-9-8/h10-12H,5-9H2,1-4H3;2*5-7H,1-4H3. The van der Waals surface area contributed by atoms with Gasteiger partial charge in [-0.2, -0.15) is 0 Å². The van der Waals surface area contributed by atoms with Gasteiger partial charge in [-0.25, -0.2) is 9.36 Å². The van der Waals surface area contributed by atoms with Crippen molar-refractivity contribution in [3.8, 4) is 0 Å². The molecule has 202 valence electrons. The molecule has 0 radical (unpaired) electrons. The van der Waals surface area contributed by atoms with E-state index in [0.717, 1.165) is 29.1 Å². The Kier molecular flexibility index (Phi) is 13.7. The summed E-state index contributed by atoms with van der Waals surface area (Å²) >= 11 is 0. The Morgan fingerprint density at radius 3 is 1.31 bits per heavy atom. The summed E-state index contributed by atoms with van der Waals surface area (Å²) in [5.41, 5.74) is 2.14. The summed E-state index contributed by atoms with van der Waals surface area (Å²) in [6, 6.07) is 0.824. The van der Waals surface area contributed by atoms with Gasteiger partial charge in [0.2, 0.25) is 0 Å². The maximum absolute atomic E-state index is 4.05. The fourth-order valence-electron chi connectivity index (χ4n) is 3.93. The molecule has 1 aliphatic heterocycles. The predicted octanol–water partition coefficient (Wildman–Crippen LogP) is 6.98. The van der Waals surface area contributed by atoms with Crippen LogP contribution < -0.4 is 0 Å². The van der Waals surface area contributed by atoms with Crippen molar-refractivity contribution in [1.82, 2.24) is 34.9 Å².